The molecule has 0 radical (unpaired) electrons. The topological polar surface area (TPSA) is 61.8 Å². The second-order valence-electron chi connectivity index (χ2n) is 6.08. The fourth-order valence-electron chi connectivity index (χ4n) is 1.87. The SMILES string of the molecule is CC(C)(CO)CNC(=O)N1CC(Oc2ccc(F)cc2)C1. The average molecular weight is 296 g/mol. The number of hydrogen-bond acceptors (Lipinski definition) is 3. The molecule has 116 valence electrons. The number of hydrogen-bond donors (Lipinski definition) is 2. The summed E-state index contributed by atoms with van der Waals surface area (Å²) in [5.41, 5.74) is -0.329. The molecule has 1 aliphatic heterocycles. The number of rotatable bonds is 5. The van der Waals surface area contributed by atoms with Gasteiger partial charge in [-0.1, -0.05) is 13.8 Å². The Hall–Kier alpha value is -1.82. The first-order valence-electron chi connectivity index (χ1n) is 6.95. The number of halogens is 1. The van der Waals surface area contributed by atoms with Crippen LogP contribution in [0.1, 0.15) is 13.8 Å². The molecule has 0 bridgehead atoms. The minimum atomic E-state index is -0.329. The fourth-order valence-corrected chi connectivity index (χ4v) is 1.87. The van der Waals surface area contributed by atoms with Crippen LogP contribution in [0, 0.1) is 11.2 Å². The molecule has 1 fully saturated rings. The van der Waals surface area contributed by atoms with Crippen molar-refractivity contribution in [2.75, 3.05) is 26.2 Å². The Bertz CT molecular complexity index is 484. The Labute approximate surface area is 123 Å². The van der Waals surface area contributed by atoms with Gasteiger partial charge in [-0.3, -0.25) is 0 Å². The van der Waals surface area contributed by atoms with Gasteiger partial charge in [-0.2, -0.15) is 0 Å². The lowest BCUT2D eigenvalue weighted by molar-refractivity contribution is 0.0427. The van der Waals surface area contributed by atoms with E-state index in [0.29, 0.717) is 25.4 Å². The Morgan fingerprint density at radius 1 is 1.43 bits per heavy atom. The lowest BCUT2D eigenvalue weighted by atomic mass is 9.95. The normalized spacial score (nSPS) is 15.5. The summed E-state index contributed by atoms with van der Waals surface area (Å²) < 4.78 is 18.4. The third-order valence-electron chi connectivity index (χ3n) is 3.40. The third-order valence-corrected chi connectivity index (χ3v) is 3.40. The van der Waals surface area contributed by atoms with Gasteiger partial charge in [-0.05, 0) is 24.3 Å². The highest BCUT2D eigenvalue weighted by Gasteiger charge is 2.32. The Balaban J connectivity index is 1.71. The van der Waals surface area contributed by atoms with Gasteiger partial charge in [0.05, 0.1) is 13.1 Å². The summed E-state index contributed by atoms with van der Waals surface area (Å²) in [6.07, 6.45) is -0.0629. The fraction of sp³-hybridized carbons (Fsp3) is 0.533. The van der Waals surface area contributed by atoms with Gasteiger partial charge in [0.25, 0.3) is 0 Å². The van der Waals surface area contributed by atoms with Crippen LogP contribution in [0.2, 0.25) is 0 Å². The summed E-state index contributed by atoms with van der Waals surface area (Å²) in [5, 5.41) is 11.9. The van der Waals surface area contributed by atoms with Crippen LogP contribution in [0.3, 0.4) is 0 Å². The number of benzene rings is 1. The molecule has 0 unspecified atom stereocenters. The van der Waals surface area contributed by atoms with E-state index in [1.54, 1.807) is 17.0 Å². The summed E-state index contributed by atoms with van der Waals surface area (Å²) in [6.45, 7) is 5.20. The van der Waals surface area contributed by atoms with E-state index in [1.165, 1.54) is 12.1 Å². The van der Waals surface area contributed by atoms with Crippen LogP contribution in [0.5, 0.6) is 5.75 Å². The van der Waals surface area contributed by atoms with Crippen LogP contribution in [-0.4, -0.2) is 48.4 Å². The van der Waals surface area contributed by atoms with Crippen LogP contribution in [0.15, 0.2) is 24.3 Å². The van der Waals surface area contributed by atoms with Gasteiger partial charge in [0, 0.05) is 18.6 Å². The minimum Gasteiger partial charge on any atom is -0.487 e. The van der Waals surface area contributed by atoms with Gasteiger partial charge in [0.15, 0.2) is 0 Å². The Kier molecular flexibility index (Phi) is 4.67. The van der Waals surface area contributed by atoms with Crippen molar-refractivity contribution in [3.8, 4) is 5.75 Å². The van der Waals surface area contributed by atoms with Crippen molar-refractivity contribution in [1.29, 1.82) is 0 Å². The molecule has 0 aromatic heterocycles. The van der Waals surface area contributed by atoms with Crippen LogP contribution >= 0.6 is 0 Å². The van der Waals surface area contributed by atoms with Crippen LogP contribution in [0.4, 0.5) is 9.18 Å². The molecule has 1 saturated heterocycles. The quantitative estimate of drug-likeness (QED) is 0.868. The molecule has 6 heteroatoms. The van der Waals surface area contributed by atoms with Gasteiger partial charge >= 0.3 is 6.03 Å². The molecule has 0 aliphatic carbocycles. The van der Waals surface area contributed by atoms with Crippen LogP contribution in [-0.2, 0) is 0 Å². The minimum absolute atomic E-state index is 0.0174. The number of likely N-dealkylation sites (tertiary alicyclic amines) is 1. The van der Waals surface area contributed by atoms with Gasteiger partial charge in [0.2, 0.25) is 0 Å². The zero-order chi connectivity index (χ0) is 15.5. The van der Waals surface area contributed by atoms with Crippen molar-refractivity contribution < 1.29 is 19.0 Å². The zero-order valence-electron chi connectivity index (χ0n) is 12.3. The summed E-state index contributed by atoms with van der Waals surface area (Å²) in [6, 6.07) is 5.67. The van der Waals surface area contributed by atoms with E-state index in [0.717, 1.165) is 0 Å². The molecule has 1 aromatic rings. The number of ether oxygens (including phenoxy) is 1. The molecule has 0 saturated carbocycles. The Morgan fingerprint density at radius 2 is 2.05 bits per heavy atom. The number of carbonyl (C=O) groups is 1. The monoisotopic (exact) mass is 296 g/mol. The van der Waals surface area contributed by atoms with Crippen molar-refractivity contribution in [2.24, 2.45) is 5.41 Å². The highest BCUT2D eigenvalue weighted by atomic mass is 19.1. The number of amides is 2. The molecule has 0 spiro atoms. The Morgan fingerprint density at radius 3 is 2.62 bits per heavy atom. The zero-order valence-corrected chi connectivity index (χ0v) is 12.3. The molecule has 1 heterocycles. The van der Waals surface area contributed by atoms with Crippen LogP contribution in [0.25, 0.3) is 0 Å². The second-order valence-corrected chi connectivity index (χ2v) is 6.08. The first kappa shape index (κ1) is 15.6. The molecule has 21 heavy (non-hydrogen) atoms. The smallest absolute Gasteiger partial charge is 0.317 e. The van der Waals surface area contributed by atoms with E-state index >= 15 is 0 Å². The van der Waals surface area contributed by atoms with Crippen LogP contribution < -0.4 is 10.1 Å². The average Bonchev–Trinajstić information content (AvgIpc) is 2.42. The molecule has 0 atom stereocenters. The lowest BCUT2D eigenvalue weighted by Gasteiger charge is -2.39. The summed E-state index contributed by atoms with van der Waals surface area (Å²) >= 11 is 0. The van der Waals surface area contributed by atoms with Crippen molar-refractivity contribution >= 4 is 6.03 Å². The molecule has 5 nitrogen and oxygen atoms in total. The highest BCUT2D eigenvalue weighted by molar-refractivity contribution is 5.75. The number of urea groups is 1. The first-order valence-corrected chi connectivity index (χ1v) is 6.95. The van der Waals surface area contributed by atoms with Crippen molar-refractivity contribution in [3.63, 3.8) is 0 Å². The van der Waals surface area contributed by atoms with E-state index < -0.39 is 0 Å². The standard InChI is InChI=1S/C15H21FN2O3/c1-15(2,10-19)9-17-14(20)18-7-13(8-18)21-12-5-3-11(16)4-6-12/h3-6,13,19H,7-10H2,1-2H3,(H,17,20). The van der Waals surface area contributed by atoms with Gasteiger partial charge in [-0.25, -0.2) is 9.18 Å². The molecule has 2 amide bonds. The molecular weight excluding hydrogens is 275 g/mol. The maximum absolute atomic E-state index is 12.8. The van der Waals surface area contributed by atoms with E-state index in [9.17, 15) is 9.18 Å². The molecule has 1 aromatic carbocycles. The second kappa shape index (κ2) is 6.30. The third kappa shape index (κ3) is 4.32. The van der Waals surface area contributed by atoms with E-state index in [-0.39, 0.29) is 30.0 Å². The van der Waals surface area contributed by atoms with Gasteiger partial charge < -0.3 is 20.1 Å². The molecular formula is C15H21FN2O3. The van der Waals surface area contributed by atoms with E-state index in [2.05, 4.69) is 5.32 Å². The van der Waals surface area contributed by atoms with Gasteiger partial charge in [0.1, 0.15) is 17.7 Å². The number of nitrogens with one attached hydrogen (secondary N) is 1. The molecule has 1 aliphatic rings. The molecule has 2 rings (SSSR count). The lowest BCUT2D eigenvalue weighted by Crippen LogP contribution is -2.59. The predicted octanol–water partition coefficient (Wildman–Crippen LogP) is 1.62. The summed E-state index contributed by atoms with van der Waals surface area (Å²) in [4.78, 5) is 13.5. The predicted molar refractivity (Wildman–Crippen MR) is 76.7 cm³/mol. The van der Waals surface area contributed by atoms with Gasteiger partial charge in [-0.15, -0.1) is 0 Å². The summed E-state index contributed by atoms with van der Waals surface area (Å²) in [7, 11) is 0. The number of aliphatic hydroxyl groups is 1. The number of aliphatic hydroxyl groups excluding tert-OH is 1. The van der Waals surface area contributed by atoms with Crippen molar-refractivity contribution in [2.45, 2.75) is 20.0 Å². The maximum Gasteiger partial charge on any atom is 0.317 e. The van der Waals surface area contributed by atoms with E-state index in [4.69, 9.17) is 9.84 Å². The number of carbonyl (C=O) groups excluding carboxylic acids is 1. The maximum atomic E-state index is 12.8. The molecule has 2 N–H and O–H groups in total. The van der Waals surface area contributed by atoms with Crippen molar-refractivity contribution in [3.05, 3.63) is 30.1 Å². The number of nitrogens with zero attached hydrogens (tertiary/aromatic N) is 1. The summed E-state index contributed by atoms with van der Waals surface area (Å²) in [5.74, 6) is 0.298. The first-order chi connectivity index (χ1) is 9.89. The highest BCUT2D eigenvalue weighted by Crippen LogP contribution is 2.19. The largest absolute Gasteiger partial charge is 0.487 e. The van der Waals surface area contributed by atoms with Crippen molar-refractivity contribution in [1.82, 2.24) is 10.2 Å². The van der Waals surface area contributed by atoms with E-state index in [1.807, 2.05) is 13.8 Å².